The van der Waals surface area contributed by atoms with Crippen molar-refractivity contribution >= 4 is 64.3 Å². The third-order valence-electron chi connectivity index (χ3n) is 6.46. The number of nitrogens with two attached hydrogens (primary N) is 4. The highest BCUT2D eigenvalue weighted by Gasteiger charge is 2.78. The summed E-state index contributed by atoms with van der Waals surface area (Å²) in [4.78, 5) is 81.1. The van der Waals surface area contributed by atoms with Gasteiger partial charge >= 0.3 is 6.03 Å². The van der Waals surface area contributed by atoms with Crippen molar-refractivity contribution in [3.8, 4) is 0 Å². The molecule has 3 rings (SSSR count). The zero-order valence-corrected chi connectivity index (χ0v) is 20.8. The van der Waals surface area contributed by atoms with Crippen LogP contribution in [0.5, 0.6) is 0 Å². The van der Waals surface area contributed by atoms with Crippen molar-refractivity contribution in [1.82, 2.24) is 4.90 Å². The minimum atomic E-state index is -3.47. The largest absolute Gasteiger partial charge is 0.368 e. The maximum Gasteiger partial charge on any atom is 0.325 e. The number of primary amides is 4. The van der Waals surface area contributed by atoms with Gasteiger partial charge in [0.2, 0.25) is 22.8 Å². The lowest BCUT2D eigenvalue weighted by Gasteiger charge is -2.53. The van der Waals surface area contributed by atoms with Crippen LogP contribution in [-0.2, 0) is 24.0 Å². The van der Waals surface area contributed by atoms with Crippen LogP contribution in [0.15, 0.2) is 48.5 Å². The molecule has 0 saturated carbocycles. The van der Waals surface area contributed by atoms with Gasteiger partial charge in [0.1, 0.15) is 0 Å². The molecule has 12 nitrogen and oxygen atoms in total. The summed E-state index contributed by atoms with van der Waals surface area (Å²) in [6.45, 7) is -0.735. The molecule has 8 N–H and O–H groups in total. The second-order valence-electron chi connectivity index (χ2n) is 8.30. The first-order valence-electron chi connectivity index (χ1n) is 10.5. The zero-order chi connectivity index (χ0) is 27.9. The lowest BCUT2D eigenvalue weighted by molar-refractivity contribution is -0.175. The summed E-state index contributed by atoms with van der Waals surface area (Å²) in [5.41, 5.74) is 15.6. The SMILES string of the molecule is CN(C(=O)N1CC(c2ccc(Cl)c(Cl)c2)C(=O)C(C(N)=O)(C(N)=O)C1(C(N)=O)C(N)=O)c1ccccc1. The van der Waals surface area contributed by atoms with Crippen LogP contribution in [0.4, 0.5) is 10.5 Å². The molecule has 2 aromatic carbocycles. The van der Waals surface area contributed by atoms with E-state index in [2.05, 4.69) is 0 Å². The van der Waals surface area contributed by atoms with Gasteiger partial charge in [-0.15, -0.1) is 0 Å². The number of Topliss-reactive ketones (excluding diaryl/α,β-unsaturated/α-hetero) is 1. The van der Waals surface area contributed by atoms with E-state index < -0.39 is 58.9 Å². The molecule has 194 valence electrons. The van der Waals surface area contributed by atoms with Gasteiger partial charge in [-0.1, -0.05) is 47.5 Å². The second kappa shape index (κ2) is 9.71. The van der Waals surface area contributed by atoms with Crippen molar-refractivity contribution in [2.75, 3.05) is 18.5 Å². The van der Waals surface area contributed by atoms with Crippen LogP contribution in [0.3, 0.4) is 0 Å². The van der Waals surface area contributed by atoms with Crippen molar-refractivity contribution < 1.29 is 28.8 Å². The summed E-state index contributed by atoms with van der Waals surface area (Å²) in [5, 5.41) is 0.113. The number of urea groups is 1. The summed E-state index contributed by atoms with van der Waals surface area (Å²) < 4.78 is 0. The van der Waals surface area contributed by atoms with E-state index >= 15 is 0 Å². The summed E-state index contributed by atoms with van der Waals surface area (Å²) in [6, 6.07) is 10.7. The van der Waals surface area contributed by atoms with Crippen molar-refractivity contribution in [3.63, 3.8) is 0 Å². The van der Waals surface area contributed by atoms with E-state index in [9.17, 15) is 28.8 Å². The van der Waals surface area contributed by atoms with Gasteiger partial charge in [-0.2, -0.15) is 0 Å². The minimum Gasteiger partial charge on any atom is -0.368 e. The molecule has 0 aromatic heterocycles. The number of piperidine rings is 1. The molecule has 0 aliphatic carbocycles. The summed E-state index contributed by atoms with van der Waals surface area (Å²) in [5.74, 6) is -10.0. The van der Waals surface area contributed by atoms with E-state index in [1.165, 1.54) is 37.4 Å². The molecule has 1 aliphatic rings. The monoisotopic (exact) mass is 548 g/mol. The summed E-state index contributed by atoms with van der Waals surface area (Å²) >= 11 is 12.1. The first-order valence-corrected chi connectivity index (χ1v) is 11.3. The molecule has 1 fully saturated rings. The van der Waals surface area contributed by atoms with Gasteiger partial charge in [-0.05, 0) is 29.8 Å². The Labute approximate surface area is 220 Å². The van der Waals surface area contributed by atoms with Crippen LogP contribution >= 0.6 is 23.2 Å². The van der Waals surface area contributed by atoms with E-state index in [0.29, 0.717) is 4.90 Å². The second-order valence-corrected chi connectivity index (χ2v) is 9.11. The highest BCUT2D eigenvalue weighted by molar-refractivity contribution is 6.42. The number of carbonyl (C=O) groups excluding carboxylic acids is 6. The molecule has 1 unspecified atom stereocenters. The van der Waals surface area contributed by atoms with Crippen molar-refractivity contribution in [2.24, 2.45) is 28.3 Å². The highest BCUT2D eigenvalue weighted by Crippen LogP contribution is 2.48. The Bertz CT molecular complexity index is 1310. The number of likely N-dealkylation sites (tertiary alicyclic amines) is 1. The molecule has 2 aromatic rings. The van der Waals surface area contributed by atoms with Crippen LogP contribution in [0, 0.1) is 5.41 Å². The number of benzene rings is 2. The fraction of sp³-hybridized carbons (Fsp3) is 0.217. The predicted octanol–water partition coefficient (Wildman–Crippen LogP) is -0.115. The fourth-order valence-corrected chi connectivity index (χ4v) is 4.98. The average Bonchev–Trinajstić information content (AvgIpc) is 2.84. The van der Waals surface area contributed by atoms with E-state index in [1.54, 1.807) is 18.2 Å². The number of para-hydroxylation sites is 1. The summed E-state index contributed by atoms with van der Waals surface area (Å²) in [7, 11) is 1.28. The zero-order valence-electron chi connectivity index (χ0n) is 19.3. The third kappa shape index (κ3) is 3.85. The first-order chi connectivity index (χ1) is 17.3. The fourth-order valence-electron chi connectivity index (χ4n) is 4.67. The van der Waals surface area contributed by atoms with E-state index in [1.807, 2.05) is 0 Å². The number of hydrogen-bond donors (Lipinski definition) is 4. The molecule has 1 atom stereocenters. The van der Waals surface area contributed by atoms with Crippen LogP contribution in [0.2, 0.25) is 10.0 Å². The number of nitrogens with zero attached hydrogens (tertiary/aromatic N) is 2. The standard InChI is InChI=1S/C23H22Cl2N6O6/c1-30(12-5-3-2-4-6-12)21(37)31-10-13(11-7-8-14(24)15(25)9-11)16(32)22(17(26)33,18(27)34)23(31,19(28)35)20(29)36/h2-9,13H,10H2,1H3,(H2,26,33)(H2,27,34)(H2,28,35)(H2,29,36). The Hall–Kier alpha value is -4.16. The highest BCUT2D eigenvalue weighted by atomic mass is 35.5. The maximum atomic E-state index is 13.9. The van der Waals surface area contributed by atoms with Gasteiger partial charge in [0.25, 0.3) is 11.8 Å². The van der Waals surface area contributed by atoms with Gasteiger partial charge in [-0.25, -0.2) is 4.79 Å². The number of anilines is 1. The maximum absolute atomic E-state index is 13.9. The number of ketones is 1. The normalized spacial score (nSPS) is 18.1. The smallest absolute Gasteiger partial charge is 0.325 e. The topological polar surface area (TPSA) is 213 Å². The molecule has 1 aliphatic heterocycles. The number of rotatable bonds is 6. The van der Waals surface area contributed by atoms with E-state index in [4.69, 9.17) is 46.1 Å². The average molecular weight is 549 g/mol. The molecule has 1 saturated heterocycles. The molecule has 14 heteroatoms. The first kappa shape index (κ1) is 27.4. The number of halogens is 2. The Morgan fingerprint density at radius 1 is 0.865 bits per heavy atom. The molecular weight excluding hydrogens is 527 g/mol. The predicted molar refractivity (Wildman–Crippen MR) is 133 cm³/mol. The Balaban J connectivity index is 2.41. The van der Waals surface area contributed by atoms with Gasteiger partial charge < -0.3 is 22.9 Å². The lowest BCUT2D eigenvalue weighted by Crippen LogP contribution is -2.85. The molecule has 6 amide bonds. The van der Waals surface area contributed by atoms with Gasteiger partial charge in [0.05, 0.1) is 16.0 Å². The molecule has 0 bridgehead atoms. The van der Waals surface area contributed by atoms with E-state index in [-0.39, 0.29) is 21.3 Å². The Kier molecular flexibility index (Phi) is 7.20. The van der Waals surface area contributed by atoms with Gasteiger partial charge in [0, 0.05) is 19.3 Å². The minimum absolute atomic E-state index is 0.00311. The molecule has 1 heterocycles. The lowest BCUT2D eigenvalue weighted by atomic mass is 9.57. The van der Waals surface area contributed by atoms with Crippen LogP contribution < -0.4 is 27.8 Å². The molecule has 0 radical (unpaired) electrons. The number of amides is 6. The number of hydrogen-bond acceptors (Lipinski definition) is 6. The summed E-state index contributed by atoms with van der Waals surface area (Å²) in [6.07, 6.45) is 0. The van der Waals surface area contributed by atoms with Gasteiger partial charge in [0.15, 0.2) is 5.78 Å². The van der Waals surface area contributed by atoms with Gasteiger partial charge in [-0.3, -0.25) is 33.8 Å². The molecule has 37 heavy (non-hydrogen) atoms. The third-order valence-corrected chi connectivity index (χ3v) is 7.20. The van der Waals surface area contributed by atoms with Crippen molar-refractivity contribution in [1.29, 1.82) is 0 Å². The number of carbonyl (C=O) groups is 6. The van der Waals surface area contributed by atoms with E-state index in [0.717, 1.165) is 4.90 Å². The molecule has 0 spiro atoms. The van der Waals surface area contributed by atoms with Crippen molar-refractivity contribution in [3.05, 3.63) is 64.1 Å². The Morgan fingerprint density at radius 2 is 1.41 bits per heavy atom. The Morgan fingerprint density at radius 3 is 1.86 bits per heavy atom. The quantitative estimate of drug-likeness (QED) is 0.360. The van der Waals surface area contributed by atoms with Crippen LogP contribution in [0.1, 0.15) is 11.5 Å². The van der Waals surface area contributed by atoms with Crippen molar-refractivity contribution in [2.45, 2.75) is 11.5 Å². The van der Waals surface area contributed by atoms with Crippen LogP contribution in [-0.4, -0.2) is 59.5 Å². The molecular formula is C23H22Cl2N6O6. The van der Waals surface area contributed by atoms with Crippen LogP contribution in [0.25, 0.3) is 0 Å².